The molecule has 152 valence electrons. The first-order valence-corrected chi connectivity index (χ1v) is 10.3. The Balaban J connectivity index is 1.76. The van der Waals surface area contributed by atoms with E-state index in [-0.39, 0.29) is 17.2 Å². The zero-order valence-corrected chi connectivity index (χ0v) is 18.3. The highest BCUT2D eigenvalue weighted by molar-refractivity contribution is 9.10. The normalized spacial score (nSPS) is 10.8. The smallest absolute Gasteiger partial charge is 0.257 e. The number of hydrogen-bond donors (Lipinski definition) is 3. The fraction of sp³-hybridized carbons (Fsp3) is 0.105. The first kappa shape index (κ1) is 20.0. The van der Waals surface area contributed by atoms with Crippen molar-refractivity contribution in [1.82, 2.24) is 23.6 Å². The minimum Gasteiger partial charge on any atom is -0.505 e. The molecule has 0 atom stereocenters. The number of aromatic nitrogens is 4. The first-order valence-electron chi connectivity index (χ1n) is 8.76. The third-order valence-corrected chi connectivity index (χ3v) is 5.37. The van der Waals surface area contributed by atoms with E-state index in [1.54, 1.807) is 32.3 Å². The lowest BCUT2D eigenvalue weighted by Gasteiger charge is -2.16. The molecule has 0 aliphatic heterocycles. The van der Waals surface area contributed by atoms with Crippen LogP contribution in [-0.4, -0.2) is 48.7 Å². The summed E-state index contributed by atoms with van der Waals surface area (Å²) in [6.07, 6.45) is 0. The summed E-state index contributed by atoms with van der Waals surface area (Å²) in [5.74, 6) is 0.232. The van der Waals surface area contributed by atoms with Crippen LogP contribution in [0.5, 0.6) is 5.75 Å². The number of rotatable bonds is 5. The van der Waals surface area contributed by atoms with E-state index < -0.39 is 0 Å². The summed E-state index contributed by atoms with van der Waals surface area (Å²) in [7, 11) is 3.24. The number of carbonyl (C=O) groups excluding carboxylic acids is 1. The van der Waals surface area contributed by atoms with Gasteiger partial charge in [0.15, 0.2) is 17.4 Å². The zero-order valence-electron chi connectivity index (χ0n) is 15.9. The molecule has 0 saturated heterocycles. The number of para-hydroxylation sites is 2. The van der Waals surface area contributed by atoms with E-state index in [1.165, 1.54) is 4.90 Å². The van der Waals surface area contributed by atoms with Crippen LogP contribution in [0.1, 0.15) is 10.4 Å². The topological polar surface area (TPSA) is 116 Å². The summed E-state index contributed by atoms with van der Waals surface area (Å²) in [6, 6.07) is 12.5. The minimum atomic E-state index is -0.312. The van der Waals surface area contributed by atoms with Gasteiger partial charge in [0, 0.05) is 18.6 Å². The average molecular weight is 486 g/mol. The van der Waals surface area contributed by atoms with Gasteiger partial charge in [0.05, 0.1) is 28.7 Å². The van der Waals surface area contributed by atoms with E-state index in [4.69, 9.17) is 0 Å². The summed E-state index contributed by atoms with van der Waals surface area (Å²) in [5.41, 5.74) is 2.04. The molecule has 0 aliphatic carbocycles. The number of amides is 1. The van der Waals surface area contributed by atoms with Crippen LogP contribution in [0.15, 0.2) is 46.9 Å². The molecule has 11 heteroatoms. The van der Waals surface area contributed by atoms with Gasteiger partial charge in [0.25, 0.3) is 5.91 Å². The molecule has 0 fully saturated rings. The van der Waals surface area contributed by atoms with E-state index in [0.717, 1.165) is 21.9 Å². The molecule has 1 amide bonds. The number of fused-ring (bicyclic) bond motifs is 1. The van der Waals surface area contributed by atoms with Gasteiger partial charge in [-0.2, -0.15) is 8.75 Å². The van der Waals surface area contributed by atoms with Crippen LogP contribution in [0.4, 0.5) is 23.0 Å². The molecule has 30 heavy (non-hydrogen) atoms. The van der Waals surface area contributed by atoms with Crippen LogP contribution in [0.2, 0.25) is 0 Å². The maximum atomic E-state index is 12.3. The number of benzene rings is 2. The van der Waals surface area contributed by atoms with Gasteiger partial charge in [-0.15, -0.1) is 0 Å². The maximum absolute atomic E-state index is 12.3. The van der Waals surface area contributed by atoms with Gasteiger partial charge < -0.3 is 20.6 Å². The number of hydrogen-bond acceptors (Lipinski definition) is 9. The van der Waals surface area contributed by atoms with E-state index in [0.29, 0.717) is 28.6 Å². The Morgan fingerprint density at radius 3 is 2.20 bits per heavy atom. The molecule has 0 saturated carbocycles. The lowest BCUT2D eigenvalue weighted by molar-refractivity contribution is 0.0824. The lowest BCUT2D eigenvalue weighted by Crippen LogP contribution is -2.21. The van der Waals surface area contributed by atoms with Gasteiger partial charge >= 0.3 is 0 Å². The maximum Gasteiger partial charge on any atom is 0.257 e. The Morgan fingerprint density at radius 2 is 1.57 bits per heavy atom. The van der Waals surface area contributed by atoms with Crippen LogP contribution in [0.3, 0.4) is 0 Å². The summed E-state index contributed by atoms with van der Waals surface area (Å²) in [5, 5.41) is 16.9. The molecule has 3 N–H and O–H groups in total. The monoisotopic (exact) mass is 485 g/mol. The van der Waals surface area contributed by atoms with Crippen LogP contribution in [-0.2, 0) is 0 Å². The van der Waals surface area contributed by atoms with E-state index in [9.17, 15) is 9.90 Å². The van der Waals surface area contributed by atoms with Crippen molar-refractivity contribution >= 4 is 67.9 Å². The number of nitrogens with zero attached hydrogens (tertiary/aromatic N) is 5. The fourth-order valence-electron chi connectivity index (χ4n) is 2.69. The molecule has 0 radical (unpaired) electrons. The summed E-state index contributed by atoms with van der Waals surface area (Å²) in [6.45, 7) is 0. The average Bonchev–Trinajstić information content (AvgIpc) is 3.18. The van der Waals surface area contributed by atoms with Gasteiger partial charge in [-0.05, 0) is 40.2 Å². The van der Waals surface area contributed by atoms with Gasteiger partial charge in [0.1, 0.15) is 0 Å². The molecule has 0 spiro atoms. The van der Waals surface area contributed by atoms with E-state index >= 15 is 0 Å². The number of anilines is 4. The molecule has 2 aromatic carbocycles. The van der Waals surface area contributed by atoms with Crippen molar-refractivity contribution in [3.8, 4) is 5.75 Å². The zero-order chi connectivity index (χ0) is 21.3. The third kappa shape index (κ3) is 3.89. The van der Waals surface area contributed by atoms with Gasteiger partial charge in [-0.25, -0.2) is 9.97 Å². The highest BCUT2D eigenvalue weighted by Gasteiger charge is 2.19. The van der Waals surface area contributed by atoms with Gasteiger partial charge in [-0.3, -0.25) is 4.79 Å². The number of aromatic hydroxyl groups is 1. The molecule has 4 aromatic rings. The van der Waals surface area contributed by atoms with Gasteiger partial charge in [-0.1, -0.05) is 18.2 Å². The molecular weight excluding hydrogens is 470 g/mol. The highest BCUT2D eigenvalue weighted by Crippen LogP contribution is 2.34. The Morgan fingerprint density at radius 1 is 0.967 bits per heavy atom. The second-order valence-corrected chi connectivity index (χ2v) is 7.85. The summed E-state index contributed by atoms with van der Waals surface area (Å²) in [4.78, 5) is 22.7. The molecule has 0 unspecified atom stereocenters. The predicted octanol–water partition coefficient (Wildman–Crippen LogP) is 4.14. The standard InChI is InChI=1S/C19H16BrN7O2S/c1-27(2)19(29)10-6-5-9-13(14(10)28)22-16-15(21-12-8-4-3-7-11(12)20)23-17-18(24-16)26-30-25-17/h3-9,28H,1-2H3,(H,21,23,25)(H,22,24,26). The van der Waals surface area contributed by atoms with Crippen molar-refractivity contribution in [1.29, 1.82) is 0 Å². The van der Waals surface area contributed by atoms with Crippen LogP contribution in [0.25, 0.3) is 11.3 Å². The van der Waals surface area contributed by atoms with Crippen molar-refractivity contribution in [3.63, 3.8) is 0 Å². The lowest BCUT2D eigenvalue weighted by atomic mass is 10.1. The van der Waals surface area contributed by atoms with E-state index in [2.05, 4.69) is 45.3 Å². The molecule has 2 heterocycles. The predicted molar refractivity (Wildman–Crippen MR) is 120 cm³/mol. The summed E-state index contributed by atoms with van der Waals surface area (Å²) >= 11 is 4.51. The van der Waals surface area contributed by atoms with Crippen LogP contribution >= 0.6 is 27.7 Å². The van der Waals surface area contributed by atoms with Crippen molar-refractivity contribution in [3.05, 3.63) is 52.5 Å². The largest absolute Gasteiger partial charge is 0.505 e. The summed E-state index contributed by atoms with van der Waals surface area (Å²) < 4.78 is 9.12. The van der Waals surface area contributed by atoms with Crippen molar-refractivity contribution in [2.75, 3.05) is 24.7 Å². The molecule has 4 rings (SSSR count). The van der Waals surface area contributed by atoms with Crippen molar-refractivity contribution in [2.24, 2.45) is 0 Å². The molecule has 0 aliphatic rings. The number of halogens is 1. The Kier molecular flexibility index (Phi) is 5.46. The Bertz CT molecular complexity index is 1240. The Labute approximate surface area is 184 Å². The molecular formula is C19H16BrN7O2S. The highest BCUT2D eigenvalue weighted by atomic mass is 79.9. The Hall–Kier alpha value is -3.31. The quantitative estimate of drug-likeness (QED) is 0.361. The number of phenolic OH excluding ortho intramolecular Hbond substituents is 1. The number of phenols is 1. The second kappa shape index (κ2) is 8.20. The van der Waals surface area contributed by atoms with Crippen LogP contribution < -0.4 is 10.6 Å². The first-order chi connectivity index (χ1) is 14.4. The third-order valence-electron chi connectivity index (χ3n) is 4.17. The number of carbonyl (C=O) groups is 1. The molecule has 9 nitrogen and oxygen atoms in total. The minimum absolute atomic E-state index is 0.176. The second-order valence-electron chi connectivity index (χ2n) is 6.46. The fourth-order valence-corrected chi connectivity index (χ4v) is 3.51. The van der Waals surface area contributed by atoms with Gasteiger partial charge in [0.2, 0.25) is 11.3 Å². The molecule has 0 bridgehead atoms. The van der Waals surface area contributed by atoms with Crippen LogP contribution in [0, 0.1) is 0 Å². The van der Waals surface area contributed by atoms with Crippen molar-refractivity contribution < 1.29 is 9.90 Å². The molecule has 2 aromatic heterocycles. The van der Waals surface area contributed by atoms with Crippen molar-refractivity contribution in [2.45, 2.75) is 0 Å². The SMILES string of the molecule is CN(C)C(=O)c1cccc(Nc2nc3nsnc3nc2Nc2ccccc2Br)c1O. The number of nitrogens with one attached hydrogen (secondary N) is 2. The van der Waals surface area contributed by atoms with E-state index in [1.807, 2.05) is 24.3 Å².